The van der Waals surface area contributed by atoms with Crippen LogP contribution in [0.4, 0.5) is 0 Å². The van der Waals surface area contributed by atoms with Gasteiger partial charge >= 0.3 is 0 Å². The topological polar surface area (TPSA) is 29.1 Å². The first kappa shape index (κ1) is 10.4. The Hall–Kier alpha value is -1.09. The molecule has 2 nitrogen and oxygen atoms in total. The average molecular weight is 266 g/mol. The van der Waals surface area contributed by atoms with Crippen molar-refractivity contribution in [1.29, 1.82) is 0 Å². The van der Waals surface area contributed by atoms with Gasteiger partial charge in [-0.15, -0.1) is 0 Å². The number of hydrogen-bond donors (Lipinski definition) is 1. The zero-order valence-corrected chi connectivity index (χ0v) is 10.0. The normalized spacial score (nSPS) is 23.2. The molecule has 0 aromatic heterocycles. The molecule has 1 amide bonds. The third-order valence-electron chi connectivity index (χ3n) is 2.38. The van der Waals surface area contributed by atoms with Crippen LogP contribution in [0.1, 0.15) is 18.9 Å². The van der Waals surface area contributed by atoms with E-state index in [1.807, 2.05) is 37.3 Å². The van der Waals surface area contributed by atoms with Gasteiger partial charge in [0.2, 0.25) is 5.91 Å². The summed E-state index contributed by atoms with van der Waals surface area (Å²) in [6, 6.07) is 8.19. The molecule has 0 spiro atoms. The second-order valence-electron chi connectivity index (χ2n) is 3.80. The molecular formula is C12H12BrNO. The number of halogens is 1. The van der Waals surface area contributed by atoms with Crippen molar-refractivity contribution in [1.82, 2.24) is 5.32 Å². The molecule has 0 unspecified atom stereocenters. The second-order valence-corrected chi connectivity index (χ2v) is 4.72. The van der Waals surface area contributed by atoms with Crippen molar-refractivity contribution in [2.75, 3.05) is 0 Å². The van der Waals surface area contributed by atoms with Crippen LogP contribution in [0.15, 0.2) is 34.3 Å². The summed E-state index contributed by atoms with van der Waals surface area (Å²) < 4.78 is 1.03. The summed E-state index contributed by atoms with van der Waals surface area (Å²) in [6.45, 7) is 2.01. The van der Waals surface area contributed by atoms with E-state index in [0.29, 0.717) is 0 Å². The molecule has 0 saturated carbocycles. The van der Waals surface area contributed by atoms with E-state index < -0.39 is 0 Å². The predicted octanol–water partition coefficient (Wildman–Crippen LogP) is 2.74. The van der Waals surface area contributed by atoms with Crippen LogP contribution in [-0.4, -0.2) is 11.9 Å². The minimum absolute atomic E-state index is 0.0578. The molecule has 15 heavy (non-hydrogen) atoms. The van der Waals surface area contributed by atoms with Gasteiger partial charge in [-0.2, -0.15) is 0 Å². The lowest BCUT2D eigenvalue weighted by Gasteiger charge is -1.96. The van der Waals surface area contributed by atoms with E-state index in [2.05, 4.69) is 21.2 Å². The number of carbonyl (C=O) groups excluding carboxylic acids is 1. The number of benzene rings is 1. The van der Waals surface area contributed by atoms with E-state index in [9.17, 15) is 4.79 Å². The standard InChI is InChI=1S/C12H12BrNO/c1-8-5-10(12(15)14-8)6-9-3-2-4-11(13)7-9/h2-4,6-8H,5H2,1H3,(H,14,15)/b10-6+/t8-/m0/s1. The molecule has 1 aromatic rings. The first-order valence-corrected chi connectivity index (χ1v) is 5.71. The zero-order chi connectivity index (χ0) is 10.8. The Morgan fingerprint density at radius 3 is 2.93 bits per heavy atom. The van der Waals surface area contributed by atoms with Crippen LogP contribution in [0.2, 0.25) is 0 Å². The maximum absolute atomic E-state index is 11.5. The van der Waals surface area contributed by atoms with Crippen LogP contribution < -0.4 is 5.32 Å². The third kappa shape index (κ3) is 2.48. The quantitative estimate of drug-likeness (QED) is 0.778. The van der Waals surface area contributed by atoms with E-state index in [4.69, 9.17) is 0 Å². The maximum atomic E-state index is 11.5. The van der Waals surface area contributed by atoms with Crippen molar-refractivity contribution in [3.05, 3.63) is 39.9 Å². The summed E-state index contributed by atoms with van der Waals surface area (Å²) in [4.78, 5) is 11.5. The fourth-order valence-electron chi connectivity index (χ4n) is 1.71. The summed E-state index contributed by atoms with van der Waals surface area (Å²) in [5.74, 6) is 0.0578. The molecule has 1 heterocycles. The van der Waals surface area contributed by atoms with Crippen LogP contribution >= 0.6 is 15.9 Å². The monoisotopic (exact) mass is 265 g/mol. The lowest BCUT2D eigenvalue weighted by molar-refractivity contribution is -0.116. The first-order chi connectivity index (χ1) is 7.15. The Morgan fingerprint density at radius 1 is 1.53 bits per heavy atom. The molecule has 0 aliphatic carbocycles. The van der Waals surface area contributed by atoms with E-state index in [1.54, 1.807) is 0 Å². The van der Waals surface area contributed by atoms with E-state index in [1.165, 1.54) is 0 Å². The van der Waals surface area contributed by atoms with Gasteiger partial charge in [0.25, 0.3) is 0 Å². The van der Waals surface area contributed by atoms with Crippen molar-refractivity contribution in [2.24, 2.45) is 0 Å². The Balaban J connectivity index is 2.27. The van der Waals surface area contributed by atoms with Crippen LogP contribution in [0.3, 0.4) is 0 Å². The van der Waals surface area contributed by atoms with Gasteiger partial charge in [-0.25, -0.2) is 0 Å². The Kier molecular flexibility index (Phi) is 2.91. The number of amides is 1. The van der Waals surface area contributed by atoms with E-state index in [0.717, 1.165) is 22.0 Å². The van der Waals surface area contributed by atoms with Crippen molar-refractivity contribution in [3.63, 3.8) is 0 Å². The van der Waals surface area contributed by atoms with Gasteiger partial charge in [-0.3, -0.25) is 4.79 Å². The van der Waals surface area contributed by atoms with Crippen molar-refractivity contribution >= 4 is 27.9 Å². The zero-order valence-electron chi connectivity index (χ0n) is 8.46. The first-order valence-electron chi connectivity index (χ1n) is 4.92. The van der Waals surface area contributed by atoms with Crippen LogP contribution in [0.5, 0.6) is 0 Å². The van der Waals surface area contributed by atoms with Gasteiger partial charge in [0.15, 0.2) is 0 Å². The van der Waals surface area contributed by atoms with E-state index in [-0.39, 0.29) is 11.9 Å². The third-order valence-corrected chi connectivity index (χ3v) is 2.88. The minimum Gasteiger partial charge on any atom is -0.350 e. The molecule has 2 rings (SSSR count). The van der Waals surface area contributed by atoms with Gasteiger partial charge in [-0.05, 0) is 37.1 Å². The van der Waals surface area contributed by atoms with Crippen LogP contribution in [0.25, 0.3) is 6.08 Å². The molecule has 0 radical (unpaired) electrons. The highest BCUT2D eigenvalue weighted by molar-refractivity contribution is 9.10. The summed E-state index contributed by atoms with van der Waals surface area (Å²) in [5, 5.41) is 2.88. The SMILES string of the molecule is C[C@H]1C/C(=C\c2cccc(Br)c2)C(=O)N1. The summed E-state index contributed by atoms with van der Waals surface area (Å²) >= 11 is 3.41. The largest absolute Gasteiger partial charge is 0.350 e. The molecule has 1 atom stereocenters. The molecule has 78 valence electrons. The highest BCUT2D eigenvalue weighted by atomic mass is 79.9. The fourth-order valence-corrected chi connectivity index (χ4v) is 2.13. The van der Waals surface area contributed by atoms with Crippen molar-refractivity contribution < 1.29 is 4.79 Å². The maximum Gasteiger partial charge on any atom is 0.247 e. The molecule has 0 bridgehead atoms. The number of nitrogens with one attached hydrogen (secondary N) is 1. The van der Waals surface area contributed by atoms with Crippen molar-refractivity contribution in [2.45, 2.75) is 19.4 Å². The summed E-state index contributed by atoms with van der Waals surface area (Å²) in [6.07, 6.45) is 2.76. The number of carbonyl (C=O) groups is 1. The molecular weight excluding hydrogens is 254 g/mol. The van der Waals surface area contributed by atoms with Crippen LogP contribution in [-0.2, 0) is 4.79 Å². The molecule has 1 N–H and O–H groups in total. The van der Waals surface area contributed by atoms with Crippen molar-refractivity contribution in [3.8, 4) is 0 Å². The highest BCUT2D eigenvalue weighted by Crippen LogP contribution is 2.19. The smallest absolute Gasteiger partial charge is 0.247 e. The minimum atomic E-state index is 0.0578. The molecule has 1 saturated heterocycles. The molecule has 1 fully saturated rings. The van der Waals surface area contributed by atoms with Gasteiger partial charge in [0, 0.05) is 16.1 Å². The summed E-state index contributed by atoms with van der Waals surface area (Å²) in [7, 11) is 0. The lowest BCUT2D eigenvalue weighted by atomic mass is 10.1. The Bertz CT molecular complexity index is 425. The summed E-state index contributed by atoms with van der Waals surface area (Å²) in [5.41, 5.74) is 1.92. The van der Waals surface area contributed by atoms with Gasteiger partial charge in [-0.1, -0.05) is 28.1 Å². The average Bonchev–Trinajstić information content (AvgIpc) is 2.45. The van der Waals surface area contributed by atoms with Gasteiger partial charge in [0.05, 0.1) is 0 Å². The molecule has 1 aromatic carbocycles. The fraction of sp³-hybridized carbons (Fsp3) is 0.250. The van der Waals surface area contributed by atoms with Crippen LogP contribution in [0, 0.1) is 0 Å². The molecule has 1 aliphatic rings. The number of hydrogen-bond acceptors (Lipinski definition) is 1. The second kappa shape index (κ2) is 4.19. The molecule has 3 heteroatoms. The Labute approximate surface area is 97.5 Å². The molecule has 1 aliphatic heterocycles. The Morgan fingerprint density at radius 2 is 2.33 bits per heavy atom. The van der Waals surface area contributed by atoms with Gasteiger partial charge in [0.1, 0.15) is 0 Å². The highest BCUT2D eigenvalue weighted by Gasteiger charge is 2.22. The number of rotatable bonds is 1. The van der Waals surface area contributed by atoms with Gasteiger partial charge < -0.3 is 5.32 Å². The predicted molar refractivity (Wildman–Crippen MR) is 64.3 cm³/mol. The lowest BCUT2D eigenvalue weighted by Crippen LogP contribution is -2.21. The van der Waals surface area contributed by atoms with E-state index >= 15 is 0 Å².